The van der Waals surface area contributed by atoms with Crippen LogP contribution in [0.4, 0.5) is 5.69 Å². The van der Waals surface area contributed by atoms with Crippen molar-refractivity contribution in [1.82, 2.24) is 4.98 Å². The molecule has 0 saturated heterocycles. The smallest absolute Gasteiger partial charge is 0.253 e. The number of aromatic amines is 1. The summed E-state index contributed by atoms with van der Waals surface area (Å²) in [7, 11) is 0. The van der Waals surface area contributed by atoms with Gasteiger partial charge in [0.2, 0.25) is 0 Å². The van der Waals surface area contributed by atoms with E-state index in [1.54, 1.807) is 0 Å². The van der Waals surface area contributed by atoms with Crippen LogP contribution in [-0.2, 0) is 6.54 Å². The minimum Gasteiger partial charge on any atom is -0.381 e. The molecule has 0 aliphatic carbocycles. The van der Waals surface area contributed by atoms with Crippen LogP contribution in [0.1, 0.15) is 16.7 Å². The van der Waals surface area contributed by atoms with Crippen molar-refractivity contribution in [3.63, 3.8) is 0 Å². The van der Waals surface area contributed by atoms with E-state index in [0.717, 1.165) is 22.2 Å². The minimum absolute atomic E-state index is 0.0531. The molecule has 0 aliphatic heterocycles. The molecule has 1 aromatic heterocycles. The van der Waals surface area contributed by atoms with E-state index in [4.69, 9.17) is 11.6 Å². The molecule has 0 unspecified atom stereocenters. The second-order valence-electron chi connectivity index (χ2n) is 5.46. The quantitative estimate of drug-likeness (QED) is 0.752. The summed E-state index contributed by atoms with van der Waals surface area (Å²) >= 11 is 5.86. The number of pyridine rings is 1. The highest BCUT2D eigenvalue weighted by Crippen LogP contribution is 2.19. The number of aryl methyl sites for hydroxylation is 2. The van der Waals surface area contributed by atoms with E-state index in [1.165, 1.54) is 5.56 Å². The Morgan fingerprint density at radius 2 is 1.82 bits per heavy atom. The number of anilines is 1. The molecule has 0 spiro atoms. The summed E-state index contributed by atoms with van der Waals surface area (Å²) in [6.45, 7) is 4.54. The van der Waals surface area contributed by atoms with Gasteiger partial charge in [0.15, 0.2) is 0 Å². The molecule has 0 radical (unpaired) electrons. The van der Waals surface area contributed by atoms with Crippen LogP contribution in [0.3, 0.4) is 0 Å². The van der Waals surface area contributed by atoms with E-state index in [-0.39, 0.29) is 5.56 Å². The number of hydrogen-bond acceptors (Lipinski definition) is 2. The highest BCUT2D eigenvalue weighted by molar-refractivity contribution is 6.30. The van der Waals surface area contributed by atoms with Gasteiger partial charge in [-0.3, -0.25) is 4.79 Å². The summed E-state index contributed by atoms with van der Waals surface area (Å²) in [5, 5.41) is 4.99. The molecule has 0 atom stereocenters. The highest BCUT2D eigenvalue weighted by atomic mass is 35.5. The van der Waals surface area contributed by atoms with Crippen molar-refractivity contribution >= 4 is 28.2 Å². The molecule has 0 fully saturated rings. The molecule has 2 N–H and O–H groups in total. The molecule has 0 saturated carbocycles. The minimum atomic E-state index is -0.0531. The Labute approximate surface area is 133 Å². The van der Waals surface area contributed by atoms with Crippen molar-refractivity contribution in [2.75, 3.05) is 5.32 Å². The lowest BCUT2D eigenvalue weighted by atomic mass is 10.0. The topological polar surface area (TPSA) is 44.9 Å². The van der Waals surface area contributed by atoms with Gasteiger partial charge in [-0.05, 0) is 60.7 Å². The maximum absolute atomic E-state index is 12.3. The predicted octanol–water partition coefficient (Wildman–Crippen LogP) is 4.41. The Kier molecular flexibility index (Phi) is 3.90. The van der Waals surface area contributed by atoms with Crippen LogP contribution < -0.4 is 10.9 Å². The largest absolute Gasteiger partial charge is 0.381 e. The lowest BCUT2D eigenvalue weighted by molar-refractivity contribution is 1.09. The molecule has 2 aromatic carbocycles. The summed E-state index contributed by atoms with van der Waals surface area (Å²) in [5.41, 5.74) is 4.81. The second-order valence-corrected chi connectivity index (χ2v) is 5.89. The maximum atomic E-state index is 12.3. The molecule has 4 heteroatoms. The number of H-pyrrole nitrogens is 1. The summed E-state index contributed by atoms with van der Waals surface area (Å²) in [4.78, 5) is 15.3. The van der Waals surface area contributed by atoms with Gasteiger partial charge in [-0.25, -0.2) is 0 Å². The zero-order valence-electron chi connectivity index (χ0n) is 12.5. The van der Waals surface area contributed by atoms with E-state index in [1.807, 2.05) is 50.2 Å². The summed E-state index contributed by atoms with van der Waals surface area (Å²) in [5.74, 6) is 0. The molecule has 3 aromatic rings. The number of fused-ring (bicyclic) bond motifs is 1. The van der Waals surface area contributed by atoms with Crippen molar-refractivity contribution in [1.29, 1.82) is 0 Å². The van der Waals surface area contributed by atoms with Crippen molar-refractivity contribution in [2.45, 2.75) is 20.4 Å². The van der Waals surface area contributed by atoms with Gasteiger partial charge in [0.1, 0.15) is 0 Å². The Morgan fingerprint density at radius 3 is 2.55 bits per heavy atom. The van der Waals surface area contributed by atoms with Crippen LogP contribution in [0.25, 0.3) is 10.9 Å². The van der Waals surface area contributed by atoms with E-state index >= 15 is 0 Å². The van der Waals surface area contributed by atoms with Gasteiger partial charge in [-0.2, -0.15) is 0 Å². The van der Waals surface area contributed by atoms with Gasteiger partial charge < -0.3 is 10.3 Å². The summed E-state index contributed by atoms with van der Waals surface area (Å²) < 4.78 is 0. The average molecular weight is 313 g/mol. The van der Waals surface area contributed by atoms with Gasteiger partial charge in [0, 0.05) is 22.8 Å². The molecule has 0 bridgehead atoms. The van der Waals surface area contributed by atoms with Crippen LogP contribution >= 0.6 is 11.6 Å². The van der Waals surface area contributed by atoms with Crippen LogP contribution in [0.15, 0.2) is 47.3 Å². The number of rotatable bonds is 3. The predicted molar refractivity (Wildman–Crippen MR) is 92.8 cm³/mol. The third-order valence-corrected chi connectivity index (χ3v) is 4.21. The number of benzene rings is 2. The van der Waals surface area contributed by atoms with Crippen LogP contribution in [0.5, 0.6) is 0 Å². The Balaban J connectivity index is 1.91. The normalized spacial score (nSPS) is 10.9. The molecule has 3 nitrogen and oxygen atoms in total. The van der Waals surface area contributed by atoms with Gasteiger partial charge in [0.25, 0.3) is 5.56 Å². The first kappa shape index (κ1) is 14.7. The molecular weight excluding hydrogens is 296 g/mol. The maximum Gasteiger partial charge on any atom is 0.253 e. The zero-order valence-corrected chi connectivity index (χ0v) is 13.3. The fourth-order valence-corrected chi connectivity index (χ4v) is 2.59. The number of nitrogens with one attached hydrogen (secondary N) is 2. The van der Waals surface area contributed by atoms with Crippen molar-refractivity contribution < 1.29 is 0 Å². The highest BCUT2D eigenvalue weighted by Gasteiger charge is 2.06. The van der Waals surface area contributed by atoms with Gasteiger partial charge >= 0.3 is 0 Å². The van der Waals surface area contributed by atoms with E-state index in [2.05, 4.69) is 16.4 Å². The molecular formula is C18H17ClN2O. The third-order valence-electron chi connectivity index (χ3n) is 3.96. The number of hydrogen-bond donors (Lipinski definition) is 2. The Bertz CT molecular complexity index is 882. The van der Waals surface area contributed by atoms with Crippen molar-refractivity contribution in [3.05, 3.63) is 74.5 Å². The van der Waals surface area contributed by atoms with E-state index < -0.39 is 0 Å². The molecule has 1 heterocycles. The average Bonchev–Trinajstić information content (AvgIpc) is 2.51. The Hall–Kier alpha value is -2.26. The first-order valence-corrected chi connectivity index (χ1v) is 7.54. The van der Waals surface area contributed by atoms with Gasteiger partial charge in [-0.1, -0.05) is 23.7 Å². The van der Waals surface area contributed by atoms with E-state index in [0.29, 0.717) is 17.1 Å². The molecule has 0 aliphatic rings. The fourth-order valence-electron chi connectivity index (χ4n) is 2.47. The summed E-state index contributed by atoms with van der Waals surface area (Å²) in [6.07, 6.45) is 0. The van der Waals surface area contributed by atoms with E-state index in [9.17, 15) is 4.79 Å². The van der Waals surface area contributed by atoms with Crippen LogP contribution in [0, 0.1) is 13.8 Å². The standard InChI is InChI=1S/C18H17ClN2O/c1-11-3-4-13-9-14(18(22)21-17(13)12(11)2)10-20-16-7-5-15(19)6-8-16/h3-9,20H,10H2,1-2H3,(H,21,22). The summed E-state index contributed by atoms with van der Waals surface area (Å²) in [6, 6.07) is 13.5. The SMILES string of the molecule is Cc1ccc2cc(CNc3ccc(Cl)cc3)c(=O)[nH]c2c1C. The zero-order chi connectivity index (χ0) is 15.7. The van der Waals surface area contributed by atoms with Crippen LogP contribution in [0.2, 0.25) is 5.02 Å². The monoisotopic (exact) mass is 312 g/mol. The molecule has 3 rings (SSSR count). The first-order chi connectivity index (χ1) is 10.5. The lowest BCUT2D eigenvalue weighted by Crippen LogP contribution is -2.16. The second kappa shape index (κ2) is 5.85. The lowest BCUT2D eigenvalue weighted by Gasteiger charge is -2.09. The Morgan fingerprint density at radius 1 is 1.09 bits per heavy atom. The fraction of sp³-hybridized carbons (Fsp3) is 0.167. The third kappa shape index (κ3) is 2.85. The first-order valence-electron chi connectivity index (χ1n) is 7.16. The van der Waals surface area contributed by atoms with Crippen molar-refractivity contribution in [2.24, 2.45) is 0 Å². The number of halogens is 1. The van der Waals surface area contributed by atoms with Crippen LogP contribution in [-0.4, -0.2) is 4.98 Å². The van der Waals surface area contributed by atoms with Crippen molar-refractivity contribution in [3.8, 4) is 0 Å². The van der Waals surface area contributed by atoms with Gasteiger partial charge in [0.05, 0.1) is 5.52 Å². The molecule has 22 heavy (non-hydrogen) atoms. The molecule has 112 valence electrons. The number of aromatic nitrogens is 1. The van der Waals surface area contributed by atoms with Gasteiger partial charge in [-0.15, -0.1) is 0 Å². The molecule has 0 amide bonds.